The second-order valence-corrected chi connectivity index (χ2v) is 6.38. The lowest BCUT2D eigenvalue weighted by atomic mass is 9.86. The highest BCUT2D eigenvalue weighted by atomic mass is 16.5. The van der Waals surface area contributed by atoms with Crippen molar-refractivity contribution in [3.8, 4) is 5.75 Å². The van der Waals surface area contributed by atoms with Gasteiger partial charge in [-0.05, 0) is 35.3 Å². The molecule has 0 saturated carbocycles. The summed E-state index contributed by atoms with van der Waals surface area (Å²) in [6, 6.07) is 25.4. The zero-order valence-corrected chi connectivity index (χ0v) is 13.9. The number of rotatable bonds is 6. The summed E-state index contributed by atoms with van der Waals surface area (Å²) < 4.78 is 6.12. The highest BCUT2D eigenvalue weighted by molar-refractivity contribution is 5.88. The predicted molar refractivity (Wildman–Crippen MR) is 98.1 cm³/mol. The Balaban J connectivity index is 1.70. The first-order valence-electron chi connectivity index (χ1n) is 8.41. The highest BCUT2D eigenvalue weighted by Gasteiger charge is 2.15. The minimum absolute atomic E-state index is 0.533. The molecule has 1 unspecified atom stereocenters. The molecule has 0 aromatic heterocycles. The number of hydrogen-bond donors (Lipinski definition) is 0. The molecule has 0 aliphatic rings. The molecule has 0 aliphatic heterocycles. The quantitative estimate of drug-likeness (QED) is 0.538. The molecule has 3 aromatic carbocycles. The number of hydrogen-bond acceptors (Lipinski definition) is 1. The van der Waals surface area contributed by atoms with Gasteiger partial charge in [0.15, 0.2) is 0 Å². The van der Waals surface area contributed by atoms with Gasteiger partial charge >= 0.3 is 0 Å². The Kier molecular flexibility index (Phi) is 4.97. The predicted octanol–water partition coefficient (Wildman–Crippen LogP) is 6.05. The van der Waals surface area contributed by atoms with Crippen molar-refractivity contribution in [3.05, 3.63) is 78.4 Å². The van der Waals surface area contributed by atoms with Gasteiger partial charge in [0.25, 0.3) is 0 Å². The van der Waals surface area contributed by atoms with Crippen LogP contribution in [0.3, 0.4) is 0 Å². The van der Waals surface area contributed by atoms with Crippen molar-refractivity contribution in [2.45, 2.75) is 26.2 Å². The molecule has 3 rings (SSSR count). The molecule has 1 heteroatoms. The second-order valence-electron chi connectivity index (χ2n) is 6.38. The van der Waals surface area contributed by atoms with Crippen molar-refractivity contribution in [2.75, 3.05) is 6.61 Å². The maximum Gasteiger partial charge on any atom is 0.127 e. The molecular formula is C22H24O. The Morgan fingerprint density at radius 3 is 2.26 bits per heavy atom. The van der Waals surface area contributed by atoms with Gasteiger partial charge in [0.1, 0.15) is 5.75 Å². The van der Waals surface area contributed by atoms with Crippen molar-refractivity contribution in [2.24, 2.45) is 5.92 Å². The Hall–Kier alpha value is -2.28. The fraction of sp³-hybridized carbons (Fsp3) is 0.273. The zero-order valence-electron chi connectivity index (χ0n) is 13.9. The van der Waals surface area contributed by atoms with Gasteiger partial charge in [-0.25, -0.2) is 0 Å². The topological polar surface area (TPSA) is 9.23 Å². The van der Waals surface area contributed by atoms with Crippen molar-refractivity contribution < 1.29 is 4.74 Å². The summed E-state index contributed by atoms with van der Waals surface area (Å²) in [6.45, 7) is 5.32. The van der Waals surface area contributed by atoms with Crippen molar-refractivity contribution in [1.82, 2.24) is 0 Å². The molecule has 0 amide bonds. The molecular weight excluding hydrogens is 280 g/mol. The SMILES string of the molecule is CC(C)C(CCOc1cccc2ccccc12)c1ccccc1. The monoisotopic (exact) mass is 304 g/mol. The molecule has 0 radical (unpaired) electrons. The van der Waals surface area contributed by atoms with Gasteiger partial charge in [0.05, 0.1) is 6.61 Å². The molecule has 23 heavy (non-hydrogen) atoms. The van der Waals surface area contributed by atoms with Crippen molar-refractivity contribution in [1.29, 1.82) is 0 Å². The minimum atomic E-state index is 0.533. The molecule has 0 heterocycles. The van der Waals surface area contributed by atoms with E-state index in [-0.39, 0.29) is 0 Å². The summed E-state index contributed by atoms with van der Waals surface area (Å²) in [5.41, 5.74) is 1.41. The fourth-order valence-corrected chi connectivity index (χ4v) is 3.20. The van der Waals surface area contributed by atoms with E-state index in [4.69, 9.17) is 4.74 Å². The van der Waals surface area contributed by atoms with Gasteiger partial charge in [0.2, 0.25) is 0 Å². The minimum Gasteiger partial charge on any atom is -0.493 e. The van der Waals surface area contributed by atoms with Crippen LogP contribution in [-0.4, -0.2) is 6.61 Å². The van der Waals surface area contributed by atoms with E-state index in [0.29, 0.717) is 11.8 Å². The number of fused-ring (bicyclic) bond motifs is 1. The van der Waals surface area contributed by atoms with E-state index in [9.17, 15) is 0 Å². The average Bonchev–Trinajstić information content (AvgIpc) is 2.59. The first kappa shape index (κ1) is 15.6. The Bertz CT molecular complexity index is 741. The second kappa shape index (κ2) is 7.32. The van der Waals surface area contributed by atoms with Crippen LogP contribution in [-0.2, 0) is 0 Å². The van der Waals surface area contributed by atoms with E-state index >= 15 is 0 Å². The molecule has 118 valence electrons. The van der Waals surface area contributed by atoms with Crippen LogP contribution in [0.2, 0.25) is 0 Å². The number of ether oxygens (including phenoxy) is 1. The summed E-state index contributed by atoms with van der Waals surface area (Å²) in [6.07, 6.45) is 1.03. The molecule has 0 saturated heterocycles. The smallest absolute Gasteiger partial charge is 0.127 e. The van der Waals surface area contributed by atoms with E-state index in [0.717, 1.165) is 18.8 Å². The first-order chi connectivity index (χ1) is 11.3. The van der Waals surface area contributed by atoms with Crippen LogP contribution >= 0.6 is 0 Å². The molecule has 0 spiro atoms. The Morgan fingerprint density at radius 2 is 1.48 bits per heavy atom. The summed E-state index contributed by atoms with van der Waals surface area (Å²) in [5, 5.41) is 2.42. The van der Waals surface area contributed by atoms with E-state index in [1.54, 1.807) is 0 Å². The standard InChI is InChI=1S/C22H24O/c1-17(2)20(18-9-4-3-5-10-18)15-16-23-22-14-8-12-19-11-6-7-13-21(19)22/h3-14,17,20H,15-16H2,1-2H3. The van der Waals surface area contributed by atoms with Gasteiger partial charge in [0, 0.05) is 5.39 Å². The van der Waals surface area contributed by atoms with Gasteiger partial charge < -0.3 is 4.74 Å². The van der Waals surface area contributed by atoms with Crippen LogP contribution in [0.5, 0.6) is 5.75 Å². The van der Waals surface area contributed by atoms with Crippen LogP contribution in [0, 0.1) is 5.92 Å². The maximum absolute atomic E-state index is 6.12. The lowest BCUT2D eigenvalue weighted by molar-refractivity contribution is 0.284. The van der Waals surface area contributed by atoms with Crippen molar-refractivity contribution in [3.63, 3.8) is 0 Å². The molecule has 0 N–H and O–H groups in total. The van der Waals surface area contributed by atoms with Crippen LogP contribution in [0.4, 0.5) is 0 Å². The average molecular weight is 304 g/mol. The van der Waals surface area contributed by atoms with Crippen LogP contribution in [0.25, 0.3) is 10.8 Å². The molecule has 3 aromatic rings. The van der Waals surface area contributed by atoms with E-state index < -0.39 is 0 Å². The zero-order chi connectivity index (χ0) is 16.1. The molecule has 0 aliphatic carbocycles. The molecule has 0 bridgehead atoms. The van der Waals surface area contributed by atoms with Crippen LogP contribution < -0.4 is 4.74 Å². The van der Waals surface area contributed by atoms with Crippen molar-refractivity contribution >= 4 is 10.8 Å². The normalized spacial score (nSPS) is 12.5. The Morgan fingerprint density at radius 1 is 0.783 bits per heavy atom. The van der Waals surface area contributed by atoms with Gasteiger partial charge in [-0.15, -0.1) is 0 Å². The largest absolute Gasteiger partial charge is 0.493 e. The third-order valence-corrected chi connectivity index (χ3v) is 4.47. The number of benzene rings is 3. The maximum atomic E-state index is 6.12. The summed E-state index contributed by atoms with van der Waals surface area (Å²) in [4.78, 5) is 0. The van der Waals surface area contributed by atoms with Gasteiger partial charge in [-0.1, -0.05) is 80.6 Å². The molecule has 1 nitrogen and oxygen atoms in total. The Labute approximate surface area is 138 Å². The lowest BCUT2D eigenvalue weighted by Crippen LogP contribution is -2.11. The van der Waals surface area contributed by atoms with E-state index in [1.165, 1.54) is 16.3 Å². The molecule has 0 fully saturated rings. The van der Waals surface area contributed by atoms with Gasteiger partial charge in [-0.2, -0.15) is 0 Å². The third kappa shape index (κ3) is 3.73. The highest BCUT2D eigenvalue weighted by Crippen LogP contribution is 2.29. The third-order valence-electron chi connectivity index (χ3n) is 4.47. The van der Waals surface area contributed by atoms with E-state index in [2.05, 4.69) is 86.6 Å². The molecule has 1 atom stereocenters. The van der Waals surface area contributed by atoms with Crippen LogP contribution in [0.15, 0.2) is 72.8 Å². The van der Waals surface area contributed by atoms with Gasteiger partial charge in [-0.3, -0.25) is 0 Å². The summed E-state index contributed by atoms with van der Waals surface area (Å²) in [5.74, 6) is 2.12. The van der Waals surface area contributed by atoms with E-state index in [1.807, 2.05) is 0 Å². The lowest BCUT2D eigenvalue weighted by Gasteiger charge is -2.21. The fourth-order valence-electron chi connectivity index (χ4n) is 3.20. The summed E-state index contributed by atoms with van der Waals surface area (Å²) in [7, 11) is 0. The first-order valence-corrected chi connectivity index (χ1v) is 8.41. The summed E-state index contributed by atoms with van der Waals surface area (Å²) >= 11 is 0. The van der Waals surface area contributed by atoms with Crippen LogP contribution in [0.1, 0.15) is 31.7 Å².